The van der Waals surface area contributed by atoms with Crippen molar-refractivity contribution in [3.63, 3.8) is 0 Å². The van der Waals surface area contributed by atoms with Gasteiger partial charge in [0.2, 0.25) is 0 Å². The van der Waals surface area contributed by atoms with Gasteiger partial charge >= 0.3 is 0 Å². The largest absolute Gasteiger partial charge is 0.392 e. The molecule has 7 nitrogen and oxygen atoms in total. The maximum atomic E-state index is 11.6. The van der Waals surface area contributed by atoms with Crippen LogP contribution < -0.4 is 4.90 Å². The molecule has 3 rings (SSSR count). The van der Waals surface area contributed by atoms with Crippen molar-refractivity contribution in [2.45, 2.75) is 32.4 Å². The van der Waals surface area contributed by atoms with Crippen LogP contribution in [0.3, 0.4) is 0 Å². The van der Waals surface area contributed by atoms with Crippen molar-refractivity contribution in [3.8, 4) is 0 Å². The van der Waals surface area contributed by atoms with Gasteiger partial charge in [-0.1, -0.05) is 18.5 Å². The highest BCUT2D eigenvalue weighted by Crippen LogP contribution is 2.34. The zero-order chi connectivity index (χ0) is 18.8. The van der Waals surface area contributed by atoms with Crippen LogP contribution in [0.15, 0.2) is 24.3 Å². The Balaban J connectivity index is 1.95. The van der Waals surface area contributed by atoms with Crippen molar-refractivity contribution in [2.75, 3.05) is 31.1 Å². The molecule has 0 bridgehead atoms. The minimum absolute atomic E-state index is 0.0473. The lowest BCUT2D eigenvalue weighted by atomic mass is 10.1. The first-order valence-corrected chi connectivity index (χ1v) is 9.18. The highest BCUT2D eigenvalue weighted by Gasteiger charge is 2.30. The molecule has 1 N–H and O–H groups in total. The molecule has 26 heavy (non-hydrogen) atoms. The lowest BCUT2D eigenvalue weighted by Crippen LogP contribution is -2.54. The summed E-state index contributed by atoms with van der Waals surface area (Å²) in [7, 11) is 0. The molecule has 0 saturated carbocycles. The number of benzene rings is 1. The average molecular weight is 379 g/mol. The Labute approximate surface area is 157 Å². The number of pyridine rings is 1. The molecule has 1 saturated heterocycles. The Morgan fingerprint density at radius 1 is 1.42 bits per heavy atom. The van der Waals surface area contributed by atoms with E-state index in [1.165, 1.54) is 6.07 Å². The summed E-state index contributed by atoms with van der Waals surface area (Å²) < 4.78 is 0. The molecule has 2 aromatic rings. The van der Waals surface area contributed by atoms with Gasteiger partial charge in [0.05, 0.1) is 16.5 Å². The molecule has 8 heteroatoms. The number of β-amino-alcohol motifs (C(OH)–C–C–N with tert-alkyl or cyclic N) is 1. The average Bonchev–Trinajstić information content (AvgIpc) is 2.60. The molecule has 1 aromatic heterocycles. The monoisotopic (exact) mass is 378 g/mol. The van der Waals surface area contributed by atoms with Crippen LogP contribution in [0.5, 0.6) is 0 Å². The summed E-state index contributed by atoms with van der Waals surface area (Å²) in [6, 6.07) is 7.10. The minimum atomic E-state index is -0.388. The van der Waals surface area contributed by atoms with E-state index in [-0.39, 0.29) is 22.8 Å². The van der Waals surface area contributed by atoms with Crippen molar-refractivity contribution in [2.24, 2.45) is 0 Å². The smallest absolute Gasteiger partial charge is 0.294 e. The molecular formula is C18H23ClN4O3. The first-order valence-electron chi connectivity index (χ1n) is 8.80. The number of nitro benzene ring substituents is 1. The molecule has 0 spiro atoms. The number of anilines is 1. The highest BCUT2D eigenvalue weighted by molar-refractivity contribution is 6.29. The van der Waals surface area contributed by atoms with Crippen LogP contribution >= 0.6 is 11.6 Å². The van der Waals surface area contributed by atoms with Gasteiger partial charge in [-0.05, 0) is 31.5 Å². The predicted molar refractivity (Wildman–Crippen MR) is 103 cm³/mol. The number of fused-ring (bicyclic) bond motifs is 1. The highest BCUT2D eigenvalue weighted by atomic mass is 35.5. The Morgan fingerprint density at radius 2 is 2.19 bits per heavy atom. The molecule has 2 unspecified atom stereocenters. The van der Waals surface area contributed by atoms with Crippen molar-refractivity contribution in [1.82, 2.24) is 9.88 Å². The van der Waals surface area contributed by atoms with Crippen molar-refractivity contribution in [1.29, 1.82) is 0 Å². The van der Waals surface area contributed by atoms with E-state index in [1.807, 2.05) is 12.1 Å². The summed E-state index contributed by atoms with van der Waals surface area (Å²) in [5, 5.41) is 22.5. The number of nitrogens with zero attached hydrogens (tertiary/aromatic N) is 4. The van der Waals surface area contributed by atoms with E-state index in [0.717, 1.165) is 18.4 Å². The second-order valence-corrected chi connectivity index (χ2v) is 7.16. The first-order chi connectivity index (χ1) is 12.4. The SMILES string of the molecule is CCC1CN(c2cc3ccc(Cl)nc3cc2[N+](=O)[O-])CCN1CC(C)O. The Kier molecular flexibility index (Phi) is 5.60. The van der Waals surface area contributed by atoms with Crippen molar-refractivity contribution in [3.05, 3.63) is 39.5 Å². The fraction of sp³-hybridized carbons (Fsp3) is 0.500. The Morgan fingerprint density at radius 3 is 2.85 bits per heavy atom. The Bertz CT molecular complexity index is 814. The maximum Gasteiger partial charge on any atom is 0.294 e. The number of hydrogen-bond donors (Lipinski definition) is 1. The van der Waals surface area contributed by atoms with E-state index in [2.05, 4.69) is 21.7 Å². The summed E-state index contributed by atoms with van der Waals surface area (Å²) in [6.07, 6.45) is 0.531. The van der Waals surface area contributed by atoms with Gasteiger partial charge in [0.1, 0.15) is 10.8 Å². The molecular weight excluding hydrogens is 356 g/mol. The second-order valence-electron chi connectivity index (χ2n) is 6.78. The first kappa shape index (κ1) is 18.8. The summed E-state index contributed by atoms with van der Waals surface area (Å²) in [6.45, 7) is 6.63. The molecule has 1 aromatic carbocycles. The number of piperazine rings is 1. The summed E-state index contributed by atoms with van der Waals surface area (Å²) in [5.41, 5.74) is 1.18. The van der Waals surface area contributed by atoms with Crippen LogP contribution in [0, 0.1) is 10.1 Å². The topological polar surface area (TPSA) is 82.7 Å². The molecule has 1 fully saturated rings. The quantitative estimate of drug-likeness (QED) is 0.489. The van der Waals surface area contributed by atoms with Crippen LogP contribution in [0.2, 0.25) is 5.15 Å². The van der Waals surface area contributed by atoms with Gasteiger partial charge in [-0.25, -0.2) is 4.98 Å². The number of rotatable bonds is 5. The van der Waals surface area contributed by atoms with Gasteiger partial charge < -0.3 is 10.0 Å². The molecule has 0 radical (unpaired) electrons. The molecule has 1 aliphatic rings. The van der Waals surface area contributed by atoms with Crippen LogP contribution in [0.25, 0.3) is 10.9 Å². The fourth-order valence-electron chi connectivity index (χ4n) is 3.60. The lowest BCUT2D eigenvalue weighted by Gasteiger charge is -2.42. The van der Waals surface area contributed by atoms with Crippen LogP contribution in [0.1, 0.15) is 20.3 Å². The van der Waals surface area contributed by atoms with Crippen molar-refractivity contribution < 1.29 is 10.0 Å². The van der Waals surface area contributed by atoms with Gasteiger partial charge in [0, 0.05) is 43.7 Å². The normalized spacial score (nSPS) is 19.7. The Hall–Kier alpha value is -1.96. The number of halogens is 1. The third kappa shape index (κ3) is 3.90. The molecule has 0 aliphatic carbocycles. The van der Waals surface area contributed by atoms with Gasteiger partial charge in [-0.2, -0.15) is 0 Å². The fourth-order valence-corrected chi connectivity index (χ4v) is 3.76. The standard InChI is InChI=1S/C18H23ClN4O3/c1-3-14-11-22(7-6-21(14)10-12(2)24)16-8-13-4-5-18(19)20-15(13)9-17(16)23(25)26/h4-5,8-9,12,14,24H,3,6-7,10-11H2,1-2H3. The van der Waals surface area contributed by atoms with Gasteiger partial charge in [0.25, 0.3) is 5.69 Å². The van der Waals surface area contributed by atoms with E-state index in [1.54, 1.807) is 13.0 Å². The van der Waals surface area contributed by atoms with Gasteiger partial charge in [-0.3, -0.25) is 15.0 Å². The van der Waals surface area contributed by atoms with Crippen molar-refractivity contribution >= 4 is 33.9 Å². The molecule has 140 valence electrons. The molecule has 2 atom stereocenters. The number of nitro groups is 1. The summed E-state index contributed by atoms with van der Waals surface area (Å²) in [5.74, 6) is 0. The lowest BCUT2D eigenvalue weighted by molar-refractivity contribution is -0.384. The van der Waals surface area contributed by atoms with Crippen LogP contribution in [0.4, 0.5) is 11.4 Å². The second kappa shape index (κ2) is 7.73. The number of hydrogen-bond acceptors (Lipinski definition) is 6. The minimum Gasteiger partial charge on any atom is -0.392 e. The molecule has 0 amide bonds. The van der Waals surface area contributed by atoms with E-state index in [9.17, 15) is 15.2 Å². The van der Waals surface area contributed by atoms with E-state index in [4.69, 9.17) is 11.6 Å². The predicted octanol–water partition coefficient (Wildman–Crippen LogP) is 3.08. The third-order valence-electron chi connectivity index (χ3n) is 4.86. The molecule has 2 heterocycles. The summed E-state index contributed by atoms with van der Waals surface area (Å²) in [4.78, 5) is 19.8. The third-order valence-corrected chi connectivity index (χ3v) is 5.07. The van der Waals surface area contributed by atoms with E-state index >= 15 is 0 Å². The zero-order valence-corrected chi connectivity index (χ0v) is 15.7. The zero-order valence-electron chi connectivity index (χ0n) is 14.9. The number of aliphatic hydroxyl groups excluding tert-OH is 1. The number of aromatic nitrogens is 1. The van der Waals surface area contributed by atoms with Gasteiger partial charge in [0.15, 0.2) is 0 Å². The maximum absolute atomic E-state index is 11.6. The summed E-state index contributed by atoms with van der Waals surface area (Å²) >= 11 is 5.92. The molecule has 1 aliphatic heterocycles. The van der Waals surface area contributed by atoms with E-state index < -0.39 is 0 Å². The van der Waals surface area contributed by atoms with E-state index in [0.29, 0.717) is 36.0 Å². The van der Waals surface area contributed by atoms with Gasteiger partial charge in [-0.15, -0.1) is 0 Å². The van der Waals surface area contributed by atoms with Crippen LogP contribution in [-0.2, 0) is 0 Å². The number of aliphatic hydroxyl groups is 1. The van der Waals surface area contributed by atoms with Crippen LogP contribution in [-0.4, -0.2) is 58.2 Å².